The predicted molar refractivity (Wildman–Crippen MR) is 88.3 cm³/mol. The lowest BCUT2D eigenvalue weighted by atomic mass is 9.70. The molecule has 0 aromatic carbocycles. The Morgan fingerprint density at radius 1 is 1.52 bits per heavy atom. The second-order valence-electron chi connectivity index (χ2n) is 6.97. The molecule has 3 unspecified atom stereocenters. The van der Waals surface area contributed by atoms with Crippen molar-refractivity contribution in [3.8, 4) is 0 Å². The first kappa shape index (κ1) is 16.5. The van der Waals surface area contributed by atoms with E-state index in [2.05, 4.69) is 56.4 Å². The van der Waals surface area contributed by atoms with Crippen LogP contribution < -0.4 is 5.32 Å². The fourth-order valence-corrected chi connectivity index (χ4v) is 4.02. The first-order valence-electron chi connectivity index (χ1n) is 8.40. The number of nitrogens with one attached hydrogen (secondary N) is 1. The Balaban J connectivity index is 2.38. The number of aryl methyl sites for hydroxylation is 1. The van der Waals surface area contributed by atoms with Crippen LogP contribution in [0.4, 0.5) is 0 Å². The molecule has 0 spiro atoms. The normalized spacial score (nSPS) is 28.0. The van der Waals surface area contributed by atoms with Crippen LogP contribution in [0.25, 0.3) is 0 Å². The van der Waals surface area contributed by atoms with E-state index in [1.165, 1.54) is 31.4 Å². The second-order valence-corrected chi connectivity index (χ2v) is 6.97. The van der Waals surface area contributed by atoms with Crippen molar-refractivity contribution in [2.45, 2.75) is 57.5 Å². The Morgan fingerprint density at radius 3 is 2.81 bits per heavy atom. The van der Waals surface area contributed by atoms with Crippen molar-refractivity contribution < 1.29 is 0 Å². The van der Waals surface area contributed by atoms with E-state index in [-0.39, 0.29) is 5.54 Å². The zero-order valence-corrected chi connectivity index (χ0v) is 14.4. The van der Waals surface area contributed by atoms with Gasteiger partial charge in [-0.3, -0.25) is 4.68 Å². The molecule has 1 aliphatic rings. The largest absolute Gasteiger partial charge is 0.307 e. The van der Waals surface area contributed by atoms with Gasteiger partial charge in [-0.2, -0.15) is 5.10 Å². The molecule has 3 atom stereocenters. The third-order valence-corrected chi connectivity index (χ3v) is 5.19. The lowest BCUT2D eigenvalue weighted by Crippen LogP contribution is -2.56. The summed E-state index contributed by atoms with van der Waals surface area (Å²) < 4.78 is 2.04. The van der Waals surface area contributed by atoms with Crippen molar-refractivity contribution in [3.05, 3.63) is 18.0 Å². The number of aromatic nitrogens is 2. The molecule has 1 fully saturated rings. The smallest absolute Gasteiger partial charge is 0.0678 e. The van der Waals surface area contributed by atoms with Gasteiger partial charge < -0.3 is 10.2 Å². The molecule has 0 aliphatic heterocycles. The Kier molecular flexibility index (Phi) is 5.44. The van der Waals surface area contributed by atoms with Gasteiger partial charge in [0, 0.05) is 18.8 Å². The van der Waals surface area contributed by atoms with E-state index in [1.807, 2.05) is 10.9 Å². The molecule has 1 saturated carbocycles. The summed E-state index contributed by atoms with van der Waals surface area (Å²) in [5.74, 6) is 0.792. The number of likely N-dealkylation sites (N-methyl/N-ethyl adjacent to an activating group) is 1. The zero-order valence-electron chi connectivity index (χ0n) is 14.4. The van der Waals surface area contributed by atoms with E-state index >= 15 is 0 Å². The van der Waals surface area contributed by atoms with Gasteiger partial charge in [-0.05, 0) is 51.9 Å². The molecular formula is C17H32N4. The summed E-state index contributed by atoms with van der Waals surface area (Å²) in [6.45, 7) is 5.69. The lowest BCUT2D eigenvalue weighted by Gasteiger charge is -2.50. The maximum absolute atomic E-state index is 4.41. The lowest BCUT2D eigenvalue weighted by molar-refractivity contribution is 0.0340. The fourth-order valence-electron chi connectivity index (χ4n) is 4.02. The number of hydrogen-bond acceptors (Lipinski definition) is 3. The van der Waals surface area contributed by atoms with Gasteiger partial charge >= 0.3 is 0 Å². The number of rotatable bonds is 6. The molecule has 120 valence electrons. The summed E-state index contributed by atoms with van der Waals surface area (Å²) in [5.41, 5.74) is 1.51. The van der Waals surface area contributed by atoms with Crippen LogP contribution in [-0.2, 0) is 7.05 Å². The number of hydrogen-bond donors (Lipinski definition) is 1. The van der Waals surface area contributed by atoms with Crippen molar-refractivity contribution in [2.24, 2.45) is 13.0 Å². The minimum absolute atomic E-state index is 0.195. The molecule has 4 nitrogen and oxygen atoms in total. The second kappa shape index (κ2) is 6.93. The quantitative estimate of drug-likeness (QED) is 0.875. The average Bonchev–Trinajstić information content (AvgIpc) is 2.85. The van der Waals surface area contributed by atoms with Crippen molar-refractivity contribution >= 4 is 0 Å². The molecule has 1 aromatic rings. The van der Waals surface area contributed by atoms with E-state index in [4.69, 9.17) is 0 Å². The van der Waals surface area contributed by atoms with E-state index in [0.29, 0.717) is 6.04 Å². The van der Waals surface area contributed by atoms with Gasteiger partial charge in [0.2, 0.25) is 0 Å². The average molecular weight is 292 g/mol. The van der Waals surface area contributed by atoms with Gasteiger partial charge in [0.1, 0.15) is 0 Å². The molecule has 0 amide bonds. The molecule has 0 saturated heterocycles. The van der Waals surface area contributed by atoms with E-state index < -0.39 is 0 Å². The first-order chi connectivity index (χ1) is 10.0. The SMILES string of the molecule is CCCNC(c1ccnn1C)C1(N(C)C)CCCC(C)C1. The molecule has 1 aliphatic carbocycles. The van der Waals surface area contributed by atoms with Crippen LogP contribution in [0.15, 0.2) is 12.3 Å². The zero-order chi connectivity index (χ0) is 15.5. The van der Waals surface area contributed by atoms with Gasteiger partial charge in [-0.25, -0.2) is 0 Å². The molecule has 4 heteroatoms. The third kappa shape index (κ3) is 3.32. The first-order valence-corrected chi connectivity index (χ1v) is 8.40. The summed E-state index contributed by atoms with van der Waals surface area (Å²) in [6.07, 6.45) is 8.28. The van der Waals surface area contributed by atoms with Crippen LogP contribution in [0.2, 0.25) is 0 Å². The highest BCUT2D eigenvalue weighted by Crippen LogP contribution is 2.43. The Bertz CT molecular complexity index is 440. The standard InChI is InChI=1S/C17H32N4/c1-6-11-18-16(15-9-12-19-21(15)5)17(20(3)4)10-7-8-14(2)13-17/h9,12,14,16,18H,6-8,10-11,13H2,1-5H3. The van der Waals surface area contributed by atoms with E-state index in [9.17, 15) is 0 Å². The summed E-state index contributed by atoms with van der Waals surface area (Å²) in [7, 11) is 6.55. The van der Waals surface area contributed by atoms with Crippen molar-refractivity contribution in [1.29, 1.82) is 0 Å². The summed E-state index contributed by atoms with van der Waals surface area (Å²) in [4.78, 5) is 2.46. The van der Waals surface area contributed by atoms with Gasteiger partial charge in [-0.15, -0.1) is 0 Å². The molecule has 0 radical (unpaired) electrons. The molecule has 1 aromatic heterocycles. The highest BCUT2D eigenvalue weighted by molar-refractivity contribution is 5.16. The van der Waals surface area contributed by atoms with Gasteiger partial charge in [0.25, 0.3) is 0 Å². The van der Waals surface area contributed by atoms with Crippen molar-refractivity contribution in [1.82, 2.24) is 20.0 Å². The highest BCUT2D eigenvalue weighted by atomic mass is 15.3. The topological polar surface area (TPSA) is 33.1 Å². The Morgan fingerprint density at radius 2 is 2.29 bits per heavy atom. The molecule has 21 heavy (non-hydrogen) atoms. The third-order valence-electron chi connectivity index (χ3n) is 5.19. The maximum Gasteiger partial charge on any atom is 0.0678 e. The van der Waals surface area contributed by atoms with Crippen LogP contribution in [0.1, 0.15) is 57.7 Å². The van der Waals surface area contributed by atoms with Crippen LogP contribution >= 0.6 is 0 Å². The molecule has 0 bridgehead atoms. The minimum atomic E-state index is 0.195. The molecular weight excluding hydrogens is 260 g/mol. The molecule has 1 N–H and O–H groups in total. The van der Waals surface area contributed by atoms with Crippen LogP contribution in [0.5, 0.6) is 0 Å². The Labute approximate surface area is 129 Å². The van der Waals surface area contributed by atoms with E-state index in [1.54, 1.807) is 0 Å². The fraction of sp³-hybridized carbons (Fsp3) is 0.824. The van der Waals surface area contributed by atoms with E-state index in [0.717, 1.165) is 18.9 Å². The summed E-state index contributed by atoms with van der Waals surface area (Å²) >= 11 is 0. The van der Waals surface area contributed by atoms with Crippen LogP contribution in [0.3, 0.4) is 0 Å². The monoisotopic (exact) mass is 292 g/mol. The van der Waals surface area contributed by atoms with Crippen LogP contribution in [-0.4, -0.2) is 40.9 Å². The summed E-state index contributed by atoms with van der Waals surface area (Å²) in [5, 5.41) is 8.23. The predicted octanol–water partition coefficient (Wildman–Crippen LogP) is 2.97. The summed E-state index contributed by atoms with van der Waals surface area (Å²) in [6, 6.07) is 2.53. The number of nitrogens with zero attached hydrogens (tertiary/aromatic N) is 3. The van der Waals surface area contributed by atoms with Gasteiger partial charge in [0.05, 0.1) is 11.7 Å². The molecule has 2 rings (SSSR count). The van der Waals surface area contributed by atoms with Gasteiger partial charge in [0.15, 0.2) is 0 Å². The molecule has 1 heterocycles. The van der Waals surface area contributed by atoms with Crippen LogP contribution in [0, 0.1) is 5.92 Å². The minimum Gasteiger partial charge on any atom is -0.307 e. The van der Waals surface area contributed by atoms with Gasteiger partial charge in [-0.1, -0.05) is 26.7 Å². The Hall–Kier alpha value is -0.870. The van der Waals surface area contributed by atoms with Crippen molar-refractivity contribution in [3.63, 3.8) is 0 Å². The van der Waals surface area contributed by atoms with Crippen molar-refractivity contribution in [2.75, 3.05) is 20.6 Å². The highest BCUT2D eigenvalue weighted by Gasteiger charge is 2.45. The maximum atomic E-state index is 4.41.